The summed E-state index contributed by atoms with van der Waals surface area (Å²) in [5, 5.41) is 3.48. The molecule has 1 aromatic heterocycles. The molecule has 0 radical (unpaired) electrons. The lowest BCUT2D eigenvalue weighted by Gasteiger charge is -2.34. The smallest absolute Gasteiger partial charge is 0.212 e. The third-order valence-electron chi connectivity index (χ3n) is 3.03. The molecule has 0 bridgehead atoms. The SMILES string of the molecule is COc1ccc(CNC2CC(OC)C2)cn1. The molecule has 1 aliphatic rings. The fourth-order valence-electron chi connectivity index (χ4n) is 1.82. The molecule has 2 rings (SSSR count). The van der Waals surface area contributed by atoms with Crippen LogP contribution in [-0.2, 0) is 11.3 Å². The maximum atomic E-state index is 5.23. The standard InChI is InChI=1S/C12H18N2O2/c1-15-11-5-10(6-11)13-7-9-3-4-12(16-2)14-8-9/h3-4,8,10-11,13H,5-7H2,1-2H3. The first-order valence-corrected chi connectivity index (χ1v) is 5.57. The van der Waals surface area contributed by atoms with Crippen LogP contribution in [0.4, 0.5) is 0 Å². The van der Waals surface area contributed by atoms with Crippen molar-refractivity contribution >= 4 is 0 Å². The molecular weight excluding hydrogens is 204 g/mol. The lowest BCUT2D eigenvalue weighted by atomic mass is 9.89. The predicted molar refractivity (Wildman–Crippen MR) is 61.4 cm³/mol. The molecule has 1 aromatic rings. The summed E-state index contributed by atoms with van der Waals surface area (Å²) in [4.78, 5) is 4.16. The number of methoxy groups -OCH3 is 2. The Balaban J connectivity index is 1.73. The normalized spacial score (nSPS) is 23.9. The van der Waals surface area contributed by atoms with E-state index in [1.54, 1.807) is 14.2 Å². The number of ether oxygens (including phenoxy) is 2. The zero-order valence-corrected chi connectivity index (χ0v) is 9.77. The van der Waals surface area contributed by atoms with Gasteiger partial charge in [-0.2, -0.15) is 0 Å². The van der Waals surface area contributed by atoms with Gasteiger partial charge < -0.3 is 14.8 Å². The van der Waals surface area contributed by atoms with Gasteiger partial charge in [0.2, 0.25) is 5.88 Å². The van der Waals surface area contributed by atoms with Crippen LogP contribution in [0.1, 0.15) is 18.4 Å². The van der Waals surface area contributed by atoms with Gasteiger partial charge >= 0.3 is 0 Å². The van der Waals surface area contributed by atoms with E-state index in [1.807, 2.05) is 18.3 Å². The Morgan fingerprint density at radius 2 is 2.19 bits per heavy atom. The van der Waals surface area contributed by atoms with Crippen molar-refractivity contribution in [3.63, 3.8) is 0 Å². The van der Waals surface area contributed by atoms with Crippen LogP contribution in [0.25, 0.3) is 0 Å². The highest BCUT2D eigenvalue weighted by atomic mass is 16.5. The van der Waals surface area contributed by atoms with Crippen LogP contribution in [0, 0.1) is 0 Å². The quantitative estimate of drug-likeness (QED) is 0.817. The Morgan fingerprint density at radius 3 is 2.75 bits per heavy atom. The minimum Gasteiger partial charge on any atom is -0.481 e. The largest absolute Gasteiger partial charge is 0.481 e. The molecule has 4 nitrogen and oxygen atoms in total. The Labute approximate surface area is 96.0 Å². The van der Waals surface area contributed by atoms with E-state index in [0.717, 1.165) is 19.4 Å². The van der Waals surface area contributed by atoms with Crippen molar-refractivity contribution in [2.75, 3.05) is 14.2 Å². The van der Waals surface area contributed by atoms with E-state index in [9.17, 15) is 0 Å². The molecule has 0 aliphatic heterocycles. The topological polar surface area (TPSA) is 43.4 Å². The van der Waals surface area contributed by atoms with Crippen LogP contribution in [0.15, 0.2) is 18.3 Å². The first-order valence-electron chi connectivity index (χ1n) is 5.57. The van der Waals surface area contributed by atoms with Crippen molar-refractivity contribution in [3.05, 3.63) is 23.9 Å². The van der Waals surface area contributed by atoms with Crippen LogP contribution in [0.2, 0.25) is 0 Å². The minimum absolute atomic E-state index is 0.450. The third-order valence-corrected chi connectivity index (χ3v) is 3.03. The Bertz CT molecular complexity index is 320. The molecule has 88 valence electrons. The number of hydrogen-bond donors (Lipinski definition) is 1. The van der Waals surface area contributed by atoms with E-state index >= 15 is 0 Å². The monoisotopic (exact) mass is 222 g/mol. The molecule has 1 heterocycles. The summed E-state index contributed by atoms with van der Waals surface area (Å²) in [6.07, 6.45) is 4.52. The van der Waals surface area contributed by atoms with E-state index in [-0.39, 0.29) is 0 Å². The number of nitrogens with one attached hydrogen (secondary N) is 1. The molecule has 0 saturated heterocycles. The van der Waals surface area contributed by atoms with Gasteiger partial charge in [-0.15, -0.1) is 0 Å². The highest BCUT2D eigenvalue weighted by molar-refractivity contribution is 5.17. The molecule has 1 saturated carbocycles. The minimum atomic E-state index is 0.450. The van der Waals surface area contributed by atoms with Gasteiger partial charge in [-0.25, -0.2) is 4.98 Å². The van der Waals surface area contributed by atoms with Gasteiger partial charge in [0, 0.05) is 32.0 Å². The van der Waals surface area contributed by atoms with Crippen LogP contribution >= 0.6 is 0 Å². The van der Waals surface area contributed by atoms with Gasteiger partial charge in [-0.05, 0) is 18.4 Å². The lowest BCUT2D eigenvalue weighted by Crippen LogP contribution is -2.44. The average molecular weight is 222 g/mol. The molecule has 1 fully saturated rings. The highest BCUT2D eigenvalue weighted by Gasteiger charge is 2.28. The van der Waals surface area contributed by atoms with E-state index < -0.39 is 0 Å². The number of nitrogens with zero attached hydrogens (tertiary/aromatic N) is 1. The molecule has 1 aliphatic carbocycles. The first-order chi connectivity index (χ1) is 7.81. The van der Waals surface area contributed by atoms with E-state index in [2.05, 4.69) is 10.3 Å². The van der Waals surface area contributed by atoms with Gasteiger partial charge in [0.15, 0.2) is 0 Å². The van der Waals surface area contributed by atoms with Crippen molar-refractivity contribution in [2.45, 2.75) is 31.5 Å². The summed E-state index contributed by atoms with van der Waals surface area (Å²) in [5.41, 5.74) is 1.18. The molecule has 0 aromatic carbocycles. The number of rotatable bonds is 5. The number of hydrogen-bond acceptors (Lipinski definition) is 4. The summed E-state index contributed by atoms with van der Waals surface area (Å²) in [6, 6.07) is 4.51. The van der Waals surface area contributed by atoms with Gasteiger partial charge in [-0.1, -0.05) is 6.07 Å². The van der Waals surface area contributed by atoms with Gasteiger partial charge in [0.25, 0.3) is 0 Å². The summed E-state index contributed by atoms with van der Waals surface area (Å²) in [6.45, 7) is 0.859. The second kappa shape index (κ2) is 5.27. The van der Waals surface area contributed by atoms with Gasteiger partial charge in [-0.3, -0.25) is 0 Å². The predicted octanol–water partition coefficient (Wildman–Crippen LogP) is 1.36. The first kappa shape index (κ1) is 11.4. The van der Waals surface area contributed by atoms with Crippen molar-refractivity contribution in [1.29, 1.82) is 0 Å². The number of pyridine rings is 1. The van der Waals surface area contributed by atoms with Crippen molar-refractivity contribution in [1.82, 2.24) is 10.3 Å². The lowest BCUT2D eigenvalue weighted by molar-refractivity contribution is 0.0170. The maximum Gasteiger partial charge on any atom is 0.212 e. The zero-order valence-electron chi connectivity index (χ0n) is 9.77. The Kier molecular flexibility index (Phi) is 3.74. The van der Waals surface area contributed by atoms with Crippen LogP contribution < -0.4 is 10.1 Å². The van der Waals surface area contributed by atoms with Crippen molar-refractivity contribution < 1.29 is 9.47 Å². The van der Waals surface area contributed by atoms with Crippen molar-refractivity contribution in [2.24, 2.45) is 0 Å². The second-order valence-corrected chi connectivity index (χ2v) is 4.12. The molecule has 0 amide bonds. The van der Waals surface area contributed by atoms with Gasteiger partial charge in [0.05, 0.1) is 13.2 Å². The highest BCUT2D eigenvalue weighted by Crippen LogP contribution is 2.22. The molecular formula is C12H18N2O2. The molecule has 4 heteroatoms. The molecule has 0 atom stereocenters. The summed E-state index contributed by atoms with van der Waals surface area (Å²) >= 11 is 0. The molecule has 1 N–H and O–H groups in total. The molecule has 16 heavy (non-hydrogen) atoms. The Hall–Kier alpha value is -1.13. The van der Waals surface area contributed by atoms with E-state index in [1.165, 1.54) is 5.56 Å². The third kappa shape index (κ3) is 2.71. The summed E-state index contributed by atoms with van der Waals surface area (Å²) in [5.74, 6) is 0.659. The maximum absolute atomic E-state index is 5.23. The summed E-state index contributed by atoms with van der Waals surface area (Å²) < 4.78 is 10.2. The fourth-order valence-corrected chi connectivity index (χ4v) is 1.82. The summed E-state index contributed by atoms with van der Waals surface area (Å²) in [7, 11) is 3.40. The second-order valence-electron chi connectivity index (χ2n) is 4.12. The van der Waals surface area contributed by atoms with Gasteiger partial charge in [0.1, 0.15) is 0 Å². The average Bonchev–Trinajstić information content (AvgIpc) is 2.28. The number of aromatic nitrogens is 1. The van der Waals surface area contributed by atoms with Crippen molar-refractivity contribution in [3.8, 4) is 5.88 Å². The molecule has 0 spiro atoms. The van der Waals surface area contributed by atoms with E-state index in [0.29, 0.717) is 18.0 Å². The zero-order chi connectivity index (χ0) is 11.4. The molecule has 0 unspecified atom stereocenters. The van der Waals surface area contributed by atoms with Crippen LogP contribution in [0.5, 0.6) is 5.88 Å². The Morgan fingerprint density at radius 1 is 1.38 bits per heavy atom. The van der Waals surface area contributed by atoms with E-state index in [4.69, 9.17) is 9.47 Å². The fraction of sp³-hybridized carbons (Fsp3) is 0.583. The van der Waals surface area contributed by atoms with Crippen LogP contribution in [-0.4, -0.2) is 31.3 Å². The van der Waals surface area contributed by atoms with Crippen LogP contribution in [0.3, 0.4) is 0 Å².